The molecule has 1 heterocycles. The van der Waals surface area contributed by atoms with Crippen LogP contribution in [-0.4, -0.2) is 17.0 Å². The highest BCUT2D eigenvalue weighted by Gasteiger charge is 2.17. The van der Waals surface area contributed by atoms with Gasteiger partial charge in [0.25, 0.3) is 0 Å². The Hall–Kier alpha value is -2.14. The minimum atomic E-state index is -0.816. The van der Waals surface area contributed by atoms with Crippen LogP contribution >= 0.6 is 11.3 Å². The summed E-state index contributed by atoms with van der Waals surface area (Å²) in [7, 11) is 0. The number of benzene rings is 1. The molecule has 0 aliphatic heterocycles. The SMILES string of the molecule is CCCc1ccc(C(NC(=O)CCCCC(=O)O)c2cccs2)cc1. The Morgan fingerprint density at radius 3 is 2.44 bits per heavy atom. The number of aliphatic carboxylic acids is 1. The number of amides is 1. The molecule has 0 aliphatic rings. The van der Waals surface area contributed by atoms with Crippen LogP contribution in [0.5, 0.6) is 0 Å². The van der Waals surface area contributed by atoms with Crippen molar-refractivity contribution < 1.29 is 14.7 Å². The Kier molecular flexibility index (Phi) is 7.67. The number of carboxylic acid groups (broad SMARTS) is 1. The Balaban J connectivity index is 2.01. The van der Waals surface area contributed by atoms with Gasteiger partial charge in [0.15, 0.2) is 0 Å². The number of rotatable bonds is 10. The molecule has 1 aromatic heterocycles. The van der Waals surface area contributed by atoms with E-state index in [0.717, 1.165) is 23.3 Å². The van der Waals surface area contributed by atoms with E-state index in [4.69, 9.17) is 5.11 Å². The van der Waals surface area contributed by atoms with Gasteiger partial charge in [-0.3, -0.25) is 9.59 Å². The van der Waals surface area contributed by atoms with E-state index in [2.05, 4.69) is 36.5 Å². The highest BCUT2D eigenvalue weighted by atomic mass is 32.1. The third-order valence-corrected chi connectivity index (χ3v) is 4.97. The summed E-state index contributed by atoms with van der Waals surface area (Å²) in [5, 5.41) is 13.8. The van der Waals surface area contributed by atoms with Crippen molar-refractivity contribution >= 4 is 23.2 Å². The lowest BCUT2D eigenvalue weighted by Gasteiger charge is -2.18. The van der Waals surface area contributed by atoms with Gasteiger partial charge in [0.2, 0.25) is 5.91 Å². The lowest BCUT2D eigenvalue weighted by Crippen LogP contribution is -2.28. The molecule has 134 valence electrons. The van der Waals surface area contributed by atoms with Crippen LogP contribution in [0.15, 0.2) is 41.8 Å². The fraction of sp³-hybridized carbons (Fsp3) is 0.400. The minimum Gasteiger partial charge on any atom is -0.481 e. The first-order chi connectivity index (χ1) is 12.1. The van der Waals surface area contributed by atoms with Gasteiger partial charge in [-0.2, -0.15) is 0 Å². The number of nitrogens with one attached hydrogen (secondary N) is 1. The van der Waals surface area contributed by atoms with E-state index in [9.17, 15) is 9.59 Å². The molecule has 1 amide bonds. The maximum Gasteiger partial charge on any atom is 0.303 e. The molecule has 1 unspecified atom stereocenters. The first-order valence-corrected chi connectivity index (χ1v) is 9.61. The van der Waals surface area contributed by atoms with Crippen molar-refractivity contribution in [2.45, 2.75) is 51.5 Å². The van der Waals surface area contributed by atoms with E-state index < -0.39 is 5.97 Å². The van der Waals surface area contributed by atoms with Crippen LogP contribution in [0.1, 0.15) is 61.1 Å². The van der Waals surface area contributed by atoms with E-state index in [1.807, 2.05) is 17.5 Å². The Labute approximate surface area is 152 Å². The second kappa shape index (κ2) is 9.99. The third kappa shape index (κ3) is 6.35. The zero-order chi connectivity index (χ0) is 18.1. The number of aryl methyl sites for hydroxylation is 1. The molecule has 1 aromatic carbocycles. The van der Waals surface area contributed by atoms with Gasteiger partial charge in [-0.15, -0.1) is 11.3 Å². The normalized spacial score (nSPS) is 11.9. The Morgan fingerprint density at radius 2 is 1.84 bits per heavy atom. The smallest absolute Gasteiger partial charge is 0.303 e. The fourth-order valence-corrected chi connectivity index (χ4v) is 3.54. The number of unbranched alkanes of at least 4 members (excludes halogenated alkanes) is 1. The number of carbonyl (C=O) groups is 2. The van der Waals surface area contributed by atoms with Gasteiger partial charge in [-0.05, 0) is 41.8 Å². The van der Waals surface area contributed by atoms with Crippen LogP contribution in [0.25, 0.3) is 0 Å². The molecule has 0 saturated heterocycles. The molecule has 0 saturated carbocycles. The summed E-state index contributed by atoms with van der Waals surface area (Å²) in [6.45, 7) is 2.16. The maximum absolute atomic E-state index is 12.3. The molecule has 0 fully saturated rings. The van der Waals surface area contributed by atoms with Crippen molar-refractivity contribution in [2.24, 2.45) is 0 Å². The summed E-state index contributed by atoms with van der Waals surface area (Å²) in [6, 6.07) is 12.3. The summed E-state index contributed by atoms with van der Waals surface area (Å²) < 4.78 is 0. The van der Waals surface area contributed by atoms with Gasteiger partial charge in [0.1, 0.15) is 0 Å². The molecule has 1 atom stereocenters. The Bertz CT molecular complexity index is 665. The van der Waals surface area contributed by atoms with Gasteiger partial charge in [0, 0.05) is 17.7 Å². The average molecular weight is 359 g/mol. The van der Waals surface area contributed by atoms with Crippen molar-refractivity contribution in [3.05, 3.63) is 57.8 Å². The molecule has 25 heavy (non-hydrogen) atoms. The van der Waals surface area contributed by atoms with Gasteiger partial charge in [0.05, 0.1) is 6.04 Å². The topological polar surface area (TPSA) is 66.4 Å². The molecule has 0 aliphatic carbocycles. The number of carboxylic acids is 1. The predicted molar refractivity (Wildman–Crippen MR) is 101 cm³/mol. The average Bonchev–Trinajstić information content (AvgIpc) is 3.12. The first kappa shape index (κ1) is 19.2. The number of thiophene rings is 1. The van der Waals surface area contributed by atoms with Crippen LogP contribution < -0.4 is 5.32 Å². The molecule has 2 aromatic rings. The van der Waals surface area contributed by atoms with Crippen molar-refractivity contribution in [3.63, 3.8) is 0 Å². The Morgan fingerprint density at radius 1 is 1.12 bits per heavy atom. The summed E-state index contributed by atoms with van der Waals surface area (Å²) in [5.41, 5.74) is 2.37. The third-order valence-electron chi connectivity index (χ3n) is 4.03. The molecule has 4 nitrogen and oxygen atoms in total. The quantitative estimate of drug-likeness (QED) is 0.612. The van der Waals surface area contributed by atoms with Gasteiger partial charge < -0.3 is 10.4 Å². The minimum absolute atomic E-state index is 0.0403. The summed E-state index contributed by atoms with van der Waals surface area (Å²) >= 11 is 1.62. The largest absolute Gasteiger partial charge is 0.481 e. The number of carbonyl (C=O) groups excluding carboxylic acids is 1. The fourth-order valence-electron chi connectivity index (χ4n) is 2.73. The van der Waals surface area contributed by atoms with Crippen LogP contribution in [0.2, 0.25) is 0 Å². The van der Waals surface area contributed by atoms with Crippen LogP contribution in [-0.2, 0) is 16.0 Å². The van der Waals surface area contributed by atoms with Gasteiger partial charge >= 0.3 is 5.97 Å². The maximum atomic E-state index is 12.3. The second-order valence-corrected chi connectivity index (χ2v) is 7.09. The number of hydrogen-bond acceptors (Lipinski definition) is 3. The molecular weight excluding hydrogens is 334 g/mol. The summed E-state index contributed by atoms with van der Waals surface area (Å²) in [5.74, 6) is -0.856. The van der Waals surface area contributed by atoms with E-state index in [-0.39, 0.29) is 18.4 Å². The molecule has 5 heteroatoms. The van der Waals surface area contributed by atoms with Gasteiger partial charge in [-0.1, -0.05) is 43.7 Å². The zero-order valence-corrected chi connectivity index (χ0v) is 15.3. The van der Waals surface area contributed by atoms with E-state index in [0.29, 0.717) is 19.3 Å². The molecule has 0 radical (unpaired) electrons. The van der Waals surface area contributed by atoms with Crippen molar-refractivity contribution in [3.8, 4) is 0 Å². The molecular formula is C20H25NO3S. The predicted octanol–water partition coefficient (Wildman–Crippen LogP) is 4.55. The van der Waals surface area contributed by atoms with E-state index in [1.54, 1.807) is 11.3 Å². The molecule has 2 N–H and O–H groups in total. The highest BCUT2D eigenvalue weighted by Crippen LogP contribution is 2.26. The molecule has 2 rings (SSSR count). The standard InChI is InChI=1S/C20H25NO3S/c1-2-6-15-10-12-16(13-11-15)20(17-7-5-14-25-17)21-18(22)8-3-4-9-19(23)24/h5,7,10-14,20H,2-4,6,8-9H2,1H3,(H,21,22)(H,23,24). The monoisotopic (exact) mass is 359 g/mol. The molecule has 0 spiro atoms. The van der Waals surface area contributed by atoms with Crippen LogP contribution in [0.4, 0.5) is 0 Å². The first-order valence-electron chi connectivity index (χ1n) is 8.73. The van der Waals surface area contributed by atoms with Crippen molar-refractivity contribution in [1.29, 1.82) is 0 Å². The lowest BCUT2D eigenvalue weighted by molar-refractivity contribution is -0.137. The van der Waals surface area contributed by atoms with Crippen molar-refractivity contribution in [2.75, 3.05) is 0 Å². The summed E-state index contributed by atoms with van der Waals surface area (Å²) in [6.07, 6.45) is 3.74. The van der Waals surface area contributed by atoms with E-state index >= 15 is 0 Å². The lowest BCUT2D eigenvalue weighted by atomic mass is 10.0. The number of hydrogen-bond donors (Lipinski definition) is 2. The highest BCUT2D eigenvalue weighted by molar-refractivity contribution is 7.10. The van der Waals surface area contributed by atoms with Crippen LogP contribution in [0.3, 0.4) is 0 Å². The zero-order valence-electron chi connectivity index (χ0n) is 14.5. The van der Waals surface area contributed by atoms with Gasteiger partial charge in [-0.25, -0.2) is 0 Å². The van der Waals surface area contributed by atoms with Crippen molar-refractivity contribution in [1.82, 2.24) is 5.32 Å². The second-order valence-electron chi connectivity index (χ2n) is 6.11. The van der Waals surface area contributed by atoms with Crippen LogP contribution in [0, 0.1) is 0 Å². The molecule has 0 bridgehead atoms. The van der Waals surface area contributed by atoms with E-state index in [1.165, 1.54) is 5.56 Å². The summed E-state index contributed by atoms with van der Waals surface area (Å²) in [4.78, 5) is 23.9.